The average Bonchev–Trinajstić information content (AvgIpc) is 4.20. The normalized spacial score (nSPS) is 19.3. The first-order chi connectivity index (χ1) is 33.4. The maximum Gasteiger partial charge on any atom is 0.232 e. The first-order valence-electron chi connectivity index (χ1n) is 23.9. The fourth-order valence-electron chi connectivity index (χ4n) is 11.5. The van der Waals surface area contributed by atoms with Crippen LogP contribution in [0.5, 0.6) is 11.5 Å². The van der Waals surface area contributed by atoms with Crippen molar-refractivity contribution >= 4 is 11.8 Å². The molecule has 2 unspecified atom stereocenters. The predicted octanol–water partition coefficient (Wildman–Crippen LogP) is 8.78. The topological polar surface area (TPSA) is 111 Å². The molecule has 10 rings (SSSR count). The van der Waals surface area contributed by atoms with E-state index < -0.39 is 22.6 Å². The van der Waals surface area contributed by atoms with Crippen LogP contribution >= 0.6 is 0 Å². The van der Waals surface area contributed by atoms with E-state index in [-0.39, 0.29) is 35.1 Å². The van der Waals surface area contributed by atoms with Crippen molar-refractivity contribution in [3.8, 4) is 11.5 Å². The van der Waals surface area contributed by atoms with Gasteiger partial charge in [-0.15, -0.1) is 0 Å². The summed E-state index contributed by atoms with van der Waals surface area (Å²) < 4.78 is 67.0. The summed E-state index contributed by atoms with van der Waals surface area (Å²) in [5.74, 6) is -1.52. The molecule has 0 radical (unpaired) electrons. The van der Waals surface area contributed by atoms with E-state index in [1.54, 1.807) is 36.4 Å². The Kier molecular flexibility index (Phi) is 13.9. The summed E-state index contributed by atoms with van der Waals surface area (Å²) in [7, 11) is 0. The minimum absolute atomic E-state index is 0.0667. The van der Waals surface area contributed by atoms with Crippen LogP contribution in [-0.2, 0) is 46.1 Å². The van der Waals surface area contributed by atoms with Gasteiger partial charge in [0.2, 0.25) is 11.8 Å². The number of rotatable bonds is 14. The monoisotopic (exact) mass is 938 g/mol. The highest BCUT2D eigenvalue weighted by Gasteiger charge is 2.51. The first kappa shape index (κ1) is 47.6. The molecule has 2 amide bonds. The zero-order chi connectivity index (χ0) is 48.3. The van der Waals surface area contributed by atoms with Crippen molar-refractivity contribution in [2.45, 2.75) is 56.3 Å². The van der Waals surface area contributed by atoms with Gasteiger partial charge in [-0.1, -0.05) is 96.6 Å². The molecule has 4 atom stereocenters. The van der Waals surface area contributed by atoms with Crippen molar-refractivity contribution in [3.63, 3.8) is 0 Å². The summed E-state index contributed by atoms with van der Waals surface area (Å²) in [6.07, 6.45) is 4.45. The summed E-state index contributed by atoms with van der Waals surface area (Å²) in [6.45, 7) is 7.52. The molecule has 4 heterocycles. The molecule has 6 aromatic carbocycles. The number of halogens is 4. The Bertz CT molecular complexity index is 2750. The molecule has 4 N–H and O–H groups in total. The largest absolute Gasteiger partial charge is 0.490 e. The zero-order valence-electron chi connectivity index (χ0n) is 38.9. The standard InChI is InChI=1S/C29H30F2N2O2.C28H28F2N2O2/c1-19-2-4-22(5-3-19)29(28(32)34,23-6-8-25(30)9-7-23)24-11-14-33(18-24)13-10-20-16-21-12-15-35-27(21)26(31)17-20;29-24-8-6-22(7-9-24)28(27(31)33,21-4-2-1-3-5-21)23-11-14-32(18-23)13-10-19-16-20-12-15-34-26(20)25(30)17-19/h2-9,16-17,24H,10-15,18H2,1H3,(H2,32,34);1-9,16-17,23H,10-15,18H2,(H2,31,33)/t24-,29?;23-,28?/m11/s1. The van der Waals surface area contributed by atoms with Crippen LogP contribution in [0.2, 0.25) is 0 Å². The minimum Gasteiger partial charge on any atom is -0.490 e. The van der Waals surface area contributed by atoms with Crippen molar-refractivity contribution in [2.24, 2.45) is 23.3 Å². The Morgan fingerprint density at radius 3 is 1.36 bits per heavy atom. The number of amides is 2. The smallest absolute Gasteiger partial charge is 0.232 e. The molecule has 0 aromatic heterocycles. The van der Waals surface area contributed by atoms with Gasteiger partial charge in [-0.05, 0) is 127 Å². The van der Waals surface area contributed by atoms with E-state index in [2.05, 4.69) is 9.80 Å². The maximum absolute atomic E-state index is 14.4. The predicted molar refractivity (Wildman–Crippen MR) is 258 cm³/mol. The molecule has 4 aliphatic rings. The van der Waals surface area contributed by atoms with E-state index in [4.69, 9.17) is 20.9 Å². The third-order valence-electron chi connectivity index (χ3n) is 14.9. The molecule has 0 saturated carbocycles. The highest BCUT2D eigenvalue weighted by Crippen LogP contribution is 2.46. The van der Waals surface area contributed by atoms with E-state index >= 15 is 0 Å². The van der Waals surface area contributed by atoms with E-state index in [0.717, 1.165) is 90.8 Å². The lowest BCUT2D eigenvalue weighted by Gasteiger charge is -2.37. The number of fused-ring (bicyclic) bond motifs is 2. The van der Waals surface area contributed by atoms with Gasteiger partial charge in [-0.25, -0.2) is 17.6 Å². The molecule has 6 aromatic rings. The van der Waals surface area contributed by atoms with Crippen molar-refractivity contribution < 1.29 is 36.6 Å². The van der Waals surface area contributed by atoms with Gasteiger partial charge in [0.15, 0.2) is 23.1 Å². The number of aryl methyl sites for hydroxylation is 1. The average molecular weight is 939 g/mol. The number of nitrogens with two attached hydrogens (primary N) is 2. The minimum atomic E-state index is -1.06. The van der Waals surface area contributed by atoms with Crippen LogP contribution in [0, 0.1) is 42.0 Å². The van der Waals surface area contributed by atoms with Crippen LogP contribution in [0.3, 0.4) is 0 Å². The number of hydrogen-bond donors (Lipinski definition) is 2. The molecule has 358 valence electrons. The van der Waals surface area contributed by atoms with Gasteiger partial charge in [-0.3, -0.25) is 9.59 Å². The molecule has 69 heavy (non-hydrogen) atoms. The third-order valence-corrected chi connectivity index (χ3v) is 14.9. The Balaban J connectivity index is 0.000000172. The Morgan fingerprint density at radius 2 is 0.957 bits per heavy atom. The summed E-state index contributed by atoms with van der Waals surface area (Å²) in [5.41, 5.74) is 18.1. The summed E-state index contributed by atoms with van der Waals surface area (Å²) in [5, 5.41) is 0. The molecule has 0 bridgehead atoms. The number of carbonyl (C=O) groups excluding carboxylic acids is 2. The Hall–Kier alpha value is -6.50. The highest BCUT2D eigenvalue weighted by atomic mass is 19.1. The van der Waals surface area contributed by atoms with Crippen molar-refractivity contribution in [1.82, 2.24) is 9.80 Å². The lowest BCUT2D eigenvalue weighted by atomic mass is 9.64. The number of likely N-dealkylation sites (tertiary alicyclic amines) is 2. The molecular weight excluding hydrogens is 881 g/mol. The van der Waals surface area contributed by atoms with Crippen molar-refractivity contribution in [2.75, 3.05) is 52.5 Å². The lowest BCUT2D eigenvalue weighted by Crippen LogP contribution is -2.49. The van der Waals surface area contributed by atoms with Gasteiger partial charge >= 0.3 is 0 Å². The van der Waals surface area contributed by atoms with E-state index in [9.17, 15) is 27.2 Å². The number of ether oxygens (including phenoxy) is 2. The fourth-order valence-corrected chi connectivity index (χ4v) is 11.5. The van der Waals surface area contributed by atoms with E-state index in [1.165, 1.54) is 24.3 Å². The quantitative estimate of drug-likeness (QED) is 0.106. The lowest BCUT2D eigenvalue weighted by molar-refractivity contribution is -0.124. The first-order valence-corrected chi connectivity index (χ1v) is 23.9. The number of carbonyl (C=O) groups is 2. The number of nitrogens with zero attached hydrogens (tertiary/aromatic N) is 2. The molecule has 8 nitrogen and oxygen atoms in total. The molecule has 12 heteroatoms. The van der Waals surface area contributed by atoms with Gasteiger partial charge < -0.3 is 30.7 Å². The molecule has 2 saturated heterocycles. The molecule has 0 spiro atoms. The summed E-state index contributed by atoms with van der Waals surface area (Å²) >= 11 is 0. The van der Waals surface area contributed by atoms with Gasteiger partial charge in [0.25, 0.3) is 0 Å². The second-order valence-electron chi connectivity index (χ2n) is 19.0. The third kappa shape index (κ3) is 9.49. The van der Waals surface area contributed by atoms with Crippen LogP contribution in [-0.4, -0.2) is 74.1 Å². The van der Waals surface area contributed by atoms with Crippen LogP contribution in [0.15, 0.2) is 127 Å². The zero-order valence-corrected chi connectivity index (χ0v) is 38.9. The van der Waals surface area contributed by atoms with Crippen molar-refractivity contribution in [1.29, 1.82) is 0 Å². The molecular formula is C57H58F4N4O4. The summed E-state index contributed by atoms with van der Waals surface area (Å²) in [6, 6.07) is 36.9. The Labute approximate surface area is 401 Å². The Morgan fingerprint density at radius 1 is 0.565 bits per heavy atom. The van der Waals surface area contributed by atoms with Crippen LogP contribution in [0.1, 0.15) is 62.9 Å². The van der Waals surface area contributed by atoms with Crippen LogP contribution in [0.25, 0.3) is 0 Å². The van der Waals surface area contributed by atoms with E-state index in [1.807, 2.05) is 73.7 Å². The molecule has 2 fully saturated rings. The number of benzene rings is 6. The second kappa shape index (κ2) is 20.2. The molecule has 0 aliphatic carbocycles. The van der Waals surface area contributed by atoms with Crippen LogP contribution in [0.4, 0.5) is 17.6 Å². The van der Waals surface area contributed by atoms with E-state index in [0.29, 0.717) is 61.8 Å². The van der Waals surface area contributed by atoms with Gasteiger partial charge in [0, 0.05) is 50.1 Å². The van der Waals surface area contributed by atoms with Crippen LogP contribution < -0.4 is 20.9 Å². The van der Waals surface area contributed by atoms with Gasteiger partial charge in [-0.2, -0.15) is 0 Å². The van der Waals surface area contributed by atoms with Gasteiger partial charge in [0.1, 0.15) is 22.5 Å². The highest BCUT2D eigenvalue weighted by molar-refractivity contribution is 5.92. The summed E-state index contributed by atoms with van der Waals surface area (Å²) in [4.78, 5) is 31.1. The number of primary amides is 2. The fraction of sp³-hybridized carbons (Fsp3) is 0.333. The van der Waals surface area contributed by atoms with Gasteiger partial charge in [0.05, 0.1) is 13.2 Å². The van der Waals surface area contributed by atoms with Crippen molar-refractivity contribution in [3.05, 3.63) is 201 Å². The number of hydrogen-bond acceptors (Lipinski definition) is 6. The SMILES string of the molecule is Cc1ccc(C(C(N)=O)(c2ccc(F)cc2)[C@@H]2CCN(CCc3cc(F)c4c(c3)CCO4)C2)cc1.NC(=O)C(c1ccccc1)(c1ccc(F)cc1)[C@@H]1CCN(CCc2cc(F)c3c(c2)CCO3)C1. The molecule has 4 aliphatic heterocycles. The maximum atomic E-state index is 14.4. The second-order valence-corrected chi connectivity index (χ2v) is 19.0.